The number of hydrogen-bond donors (Lipinski definition) is 2. The third-order valence-electron chi connectivity index (χ3n) is 1.72. The van der Waals surface area contributed by atoms with Crippen LogP contribution in [0.3, 0.4) is 0 Å². The fraction of sp³-hybridized carbons (Fsp3) is 0.222. The Morgan fingerprint density at radius 1 is 1.29 bits per heavy atom. The van der Waals surface area contributed by atoms with E-state index >= 15 is 0 Å². The molecule has 0 unspecified atom stereocenters. The zero-order chi connectivity index (χ0) is 13.1. The highest BCUT2D eigenvalue weighted by molar-refractivity contribution is 7.88. The summed E-state index contributed by atoms with van der Waals surface area (Å²) in [5, 5.41) is 1.94. The third kappa shape index (κ3) is 4.45. The number of carbonyl (C=O) groups excluding carboxylic acids is 1. The second-order valence-corrected chi connectivity index (χ2v) is 5.07. The molecular formula is C9H10F2N2O3S. The lowest BCUT2D eigenvalue weighted by Crippen LogP contribution is -2.32. The summed E-state index contributed by atoms with van der Waals surface area (Å²) in [4.78, 5) is 11.2. The topological polar surface area (TPSA) is 75.3 Å². The number of carbonyl (C=O) groups is 1. The number of anilines is 1. The van der Waals surface area contributed by atoms with Crippen molar-refractivity contribution >= 4 is 21.6 Å². The molecule has 5 nitrogen and oxygen atoms in total. The summed E-state index contributed by atoms with van der Waals surface area (Å²) in [7, 11) is -3.53. The van der Waals surface area contributed by atoms with Gasteiger partial charge in [-0.1, -0.05) is 6.07 Å². The fourth-order valence-corrected chi connectivity index (χ4v) is 1.39. The maximum atomic E-state index is 13.1. The van der Waals surface area contributed by atoms with Crippen LogP contribution < -0.4 is 10.0 Å². The van der Waals surface area contributed by atoms with Crippen LogP contribution in [0.2, 0.25) is 0 Å². The van der Waals surface area contributed by atoms with E-state index in [9.17, 15) is 22.0 Å². The molecule has 1 amide bonds. The maximum absolute atomic E-state index is 13.1. The Kier molecular flexibility index (Phi) is 4.13. The molecule has 1 aromatic carbocycles. The number of hydrogen-bond acceptors (Lipinski definition) is 3. The van der Waals surface area contributed by atoms with Crippen LogP contribution in [0.5, 0.6) is 0 Å². The van der Waals surface area contributed by atoms with E-state index in [1.807, 2.05) is 10.0 Å². The van der Waals surface area contributed by atoms with Crippen molar-refractivity contribution in [1.82, 2.24) is 4.72 Å². The first kappa shape index (κ1) is 13.5. The summed E-state index contributed by atoms with van der Waals surface area (Å²) in [6.07, 6.45) is 0.865. The van der Waals surface area contributed by atoms with E-state index in [0.29, 0.717) is 0 Å². The number of para-hydroxylation sites is 1. The van der Waals surface area contributed by atoms with Crippen LogP contribution in [0.1, 0.15) is 0 Å². The molecule has 0 aromatic heterocycles. The Morgan fingerprint density at radius 3 is 2.29 bits per heavy atom. The molecule has 0 atom stereocenters. The number of nitrogens with one attached hydrogen (secondary N) is 2. The molecule has 0 saturated carbocycles. The van der Waals surface area contributed by atoms with Gasteiger partial charge in [0.1, 0.15) is 17.3 Å². The van der Waals surface area contributed by atoms with Gasteiger partial charge in [-0.3, -0.25) is 4.79 Å². The van der Waals surface area contributed by atoms with Crippen LogP contribution in [0.25, 0.3) is 0 Å². The molecule has 8 heteroatoms. The first-order chi connectivity index (χ1) is 7.79. The van der Waals surface area contributed by atoms with E-state index in [-0.39, 0.29) is 0 Å². The average molecular weight is 264 g/mol. The molecule has 1 rings (SSSR count). The molecule has 0 aliphatic heterocycles. The summed E-state index contributed by atoms with van der Waals surface area (Å²) in [6.45, 7) is -0.591. The lowest BCUT2D eigenvalue weighted by molar-refractivity contribution is -0.115. The van der Waals surface area contributed by atoms with E-state index in [2.05, 4.69) is 0 Å². The summed E-state index contributed by atoms with van der Waals surface area (Å²) < 4.78 is 49.4. The summed E-state index contributed by atoms with van der Waals surface area (Å²) in [6, 6.07) is 3.10. The van der Waals surface area contributed by atoms with Crippen LogP contribution in [0.15, 0.2) is 18.2 Å². The number of sulfonamides is 1. The molecule has 0 saturated heterocycles. The minimum absolute atomic E-state index is 0.591. The minimum Gasteiger partial charge on any atom is -0.320 e. The Morgan fingerprint density at radius 2 is 1.82 bits per heavy atom. The zero-order valence-electron chi connectivity index (χ0n) is 8.83. The van der Waals surface area contributed by atoms with Crippen molar-refractivity contribution < 1.29 is 22.0 Å². The van der Waals surface area contributed by atoms with Gasteiger partial charge < -0.3 is 5.32 Å². The van der Waals surface area contributed by atoms with Gasteiger partial charge in [-0.05, 0) is 12.1 Å². The van der Waals surface area contributed by atoms with Gasteiger partial charge in [-0.2, -0.15) is 0 Å². The fourth-order valence-electron chi connectivity index (χ4n) is 0.997. The van der Waals surface area contributed by atoms with Crippen LogP contribution in [0.4, 0.5) is 14.5 Å². The molecule has 17 heavy (non-hydrogen) atoms. The Balaban J connectivity index is 2.69. The van der Waals surface area contributed by atoms with Gasteiger partial charge in [-0.15, -0.1) is 0 Å². The number of benzene rings is 1. The Hall–Kier alpha value is -1.54. The standard InChI is InChI=1S/C9H10F2N2O3S/c1-17(15,16)12-5-8(14)13-9-6(10)3-2-4-7(9)11/h2-4,12H,5H2,1H3,(H,13,14). The van der Waals surface area contributed by atoms with Gasteiger partial charge in [0.2, 0.25) is 15.9 Å². The van der Waals surface area contributed by atoms with Crippen molar-refractivity contribution in [1.29, 1.82) is 0 Å². The van der Waals surface area contributed by atoms with E-state index in [0.717, 1.165) is 24.5 Å². The molecule has 0 aliphatic rings. The van der Waals surface area contributed by atoms with Crippen LogP contribution in [0, 0.1) is 11.6 Å². The first-order valence-electron chi connectivity index (χ1n) is 4.48. The van der Waals surface area contributed by atoms with Crippen LogP contribution >= 0.6 is 0 Å². The molecule has 1 aromatic rings. The van der Waals surface area contributed by atoms with E-state index in [1.54, 1.807) is 0 Å². The van der Waals surface area contributed by atoms with Crippen molar-refractivity contribution in [3.8, 4) is 0 Å². The highest BCUT2D eigenvalue weighted by atomic mass is 32.2. The predicted octanol–water partition coefficient (Wildman–Crippen LogP) is 0.452. The van der Waals surface area contributed by atoms with E-state index < -0.39 is 39.8 Å². The zero-order valence-corrected chi connectivity index (χ0v) is 9.64. The van der Waals surface area contributed by atoms with Gasteiger partial charge in [0.05, 0.1) is 12.8 Å². The summed E-state index contributed by atoms with van der Waals surface area (Å²) >= 11 is 0. The van der Waals surface area contributed by atoms with Crippen molar-refractivity contribution in [2.45, 2.75) is 0 Å². The van der Waals surface area contributed by atoms with Gasteiger partial charge >= 0.3 is 0 Å². The van der Waals surface area contributed by atoms with Gasteiger partial charge in [-0.25, -0.2) is 21.9 Å². The van der Waals surface area contributed by atoms with E-state index in [1.165, 1.54) is 0 Å². The predicted molar refractivity (Wildman–Crippen MR) is 57.8 cm³/mol. The second-order valence-electron chi connectivity index (χ2n) is 3.24. The molecule has 0 fully saturated rings. The molecule has 0 aliphatic carbocycles. The van der Waals surface area contributed by atoms with Crippen molar-refractivity contribution in [3.05, 3.63) is 29.8 Å². The summed E-state index contributed by atoms with van der Waals surface area (Å²) in [5.74, 6) is -2.73. The normalized spacial score (nSPS) is 11.2. The number of rotatable bonds is 4. The van der Waals surface area contributed by atoms with Crippen molar-refractivity contribution in [2.75, 3.05) is 18.1 Å². The highest BCUT2D eigenvalue weighted by Crippen LogP contribution is 2.17. The average Bonchev–Trinajstić information content (AvgIpc) is 2.20. The quantitative estimate of drug-likeness (QED) is 0.829. The Labute approximate surface area is 96.9 Å². The van der Waals surface area contributed by atoms with Crippen LogP contribution in [-0.4, -0.2) is 27.1 Å². The molecule has 0 heterocycles. The SMILES string of the molecule is CS(=O)(=O)NCC(=O)Nc1c(F)cccc1F. The molecule has 0 spiro atoms. The lowest BCUT2D eigenvalue weighted by atomic mass is 10.3. The second kappa shape index (κ2) is 5.19. The molecule has 0 bridgehead atoms. The third-order valence-corrected chi connectivity index (χ3v) is 2.39. The Bertz CT molecular complexity index is 511. The minimum atomic E-state index is -3.53. The molecular weight excluding hydrogens is 254 g/mol. The van der Waals surface area contributed by atoms with E-state index in [4.69, 9.17) is 0 Å². The first-order valence-corrected chi connectivity index (χ1v) is 6.37. The van der Waals surface area contributed by atoms with Gasteiger partial charge in [0.15, 0.2) is 0 Å². The molecule has 94 valence electrons. The molecule has 2 N–H and O–H groups in total. The molecule has 0 radical (unpaired) electrons. The lowest BCUT2D eigenvalue weighted by Gasteiger charge is -2.07. The number of amides is 1. The van der Waals surface area contributed by atoms with Crippen LogP contribution in [-0.2, 0) is 14.8 Å². The van der Waals surface area contributed by atoms with Crippen molar-refractivity contribution in [2.24, 2.45) is 0 Å². The maximum Gasteiger partial charge on any atom is 0.239 e. The monoisotopic (exact) mass is 264 g/mol. The van der Waals surface area contributed by atoms with Gasteiger partial charge in [0.25, 0.3) is 0 Å². The number of halogens is 2. The van der Waals surface area contributed by atoms with Gasteiger partial charge in [0, 0.05) is 0 Å². The summed E-state index contributed by atoms with van der Waals surface area (Å²) in [5.41, 5.74) is -0.604. The smallest absolute Gasteiger partial charge is 0.239 e. The largest absolute Gasteiger partial charge is 0.320 e. The highest BCUT2D eigenvalue weighted by Gasteiger charge is 2.12. The van der Waals surface area contributed by atoms with Crippen molar-refractivity contribution in [3.63, 3.8) is 0 Å².